The highest BCUT2D eigenvalue weighted by Gasteiger charge is 2.48. The van der Waals surface area contributed by atoms with E-state index >= 15 is 0 Å². The number of piperazine rings is 1. The summed E-state index contributed by atoms with van der Waals surface area (Å²) in [4.78, 5) is 4.10. The number of nitrogens with one attached hydrogen (secondary N) is 2. The lowest BCUT2D eigenvalue weighted by molar-refractivity contribution is -0.0435. The summed E-state index contributed by atoms with van der Waals surface area (Å²) in [6, 6.07) is 12.0. The quantitative estimate of drug-likeness (QED) is 0.112. The van der Waals surface area contributed by atoms with Gasteiger partial charge in [0.2, 0.25) is 0 Å². The molecule has 1 aliphatic heterocycles. The molecule has 3 N–H and O–H groups in total. The highest BCUT2D eigenvalue weighted by atomic mass is 32.2. The van der Waals surface area contributed by atoms with Crippen LogP contribution in [0.25, 0.3) is 0 Å². The molecule has 1 aliphatic rings. The van der Waals surface area contributed by atoms with E-state index in [-0.39, 0.29) is 30.9 Å². The van der Waals surface area contributed by atoms with Crippen molar-refractivity contribution < 1.29 is 44.0 Å². The molecule has 0 bridgehead atoms. The summed E-state index contributed by atoms with van der Waals surface area (Å²) in [5.74, 6) is 0.419. The zero-order valence-corrected chi connectivity index (χ0v) is 27.7. The topological polar surface area (TPSA) is 138 Å². The number of nitrogens with zero attached hydrogens (tertiary/aromatic N) is 2. The Morgan fingerprint density at radius 3 is 2.23 bits per heavy atom. The van der Waals surface area contributed by atoms with Crippen molar-refractivity contribution in [2.45, 2.75) is 41.6 Å². The van der Waals surface area contributed by atoms with Gasteiger partial charge in [0.05, 0.1) is 18.9 Å². The van der Waals surface area contributed by atoms with E-state index in [0.717, 1.165) is 11.0 Å². The number of thioether (sulfide) groups is 1. The minimum atomic E-state index is -5.79. The first-order valence-electron chi connectivity index (χ1n) is 13.9. The molecular formula is C26H38F3N4O7PS3. The Balaban J connectivity index is 1.75. The van der Waals surface area contributed by atoms with Crippen molar-refractivity contribution >= 4 is 51.8 Å². The first-order valence-corrected chi connectivity index (χ1v) is 19.2. The van der Waals surface area contributed by atoms with Crippen molar-refractivity contribution in [2.24, 2.45) is 0 Å². The molecule has 0 aliphatic carbocycles. The van der Waals surface area contributed by atoms with Crippen LogP contribution in [0.2, 0.25) is 0 Å². The van der Waals surface area contributed by atoms with Gasteiger partial charge in [-0.05, 0) is 50.6 Å². The van der Waals surface area contributed by atoms with Gasteiger partial charge in [-0.2, -0.15) is 13.2 Å². The Labute approximate surface area is 263 Å². The van der Waals surface area contributed by atoms with Crippen molar-refractivity contribution in [2.75, 3.05) is 68.0 Å². The van der Waals surface area contributed by atoms with Gasteiger partial charge in [0.25, 0.3) is 21.1 Å². The van der Waals surface area contributed by atoms with E-state index in [4.69, 9.17) is 13.6 Å². The molecule has 0 aromatic heterocycles. The van der Waals surface area contributed by atoms with Crippen LogP contribution in [0.15, 0.2) is 58.3 Å². The number of alkyl halides is 3. The van der Waals surface area contributed by atoms with Crippen LogP contribution in [0.3, 0.4) is 0 Å². The summed E-state index contributed by atoms with van der Waals surface area (Å²) < 4.78 is 112. The van der Waals surface area contributed by atoms with Gasteiger partial charge in [-0.25, -0.2) is 12.6 Å². The van der Waals surface area contributed by atoms with E-state index in [0.29, 0.717) is 51.0 Å². The van der Waals surface area contributed by atoms with Crippen molar-refractivity contribution in [3.63, 3.8) is 0 Å². The number of hydrogen-bond donors (Lipinski definition) is 3. The van der Waals surface area contributed by atoms with E-state index in [1.807, 2.05) is 40.0 Å². The monoisotopic (exact) mass is 702 g/mol. The third-order valence-corrected chi connectivity index (χ3v) is 11.8. The maximum Gasteiger partial charge on any atom is 0.501 e. The highest BCUT2D eigenvalue weighted by molar-refractivity contribution is 7.99. The van der Waals surface area contributed by atoms with E-state index in [2.05, 4.69) is 10.2 Å². The number of sulfone groups is 1. The normalized spacial score (nSPS) is 16.9. The fraction of sp³-hybridized carbons (Fsp3) is 0.538. The predicted octanol–water partition coefficient (Wildman–Crippen LogP) is 5.33. The zero-order chi connectivity index (χ0) is 32.4. The minimum absolute atomic E-state index is 0.186. The molecule has 1 heterocycles. The Bertz CT molecular complexity index is 1370. The van der Waals surface area contributed by atoms with Crippen LogP contribution in [0, 0.1) is 0 Å². The van der Waals surface area contributed by atoms with E-state index in [9.17, 15) is 30.4 Å². The van der Waals surface area contributed by atoms with Crippen molar-refractivity contribution in [1.29, 1.82) is 0 Å². The maximum absolute atomic E-state index is 13.6. The van der Waals surface area contributed by atoms with Gasteiger partial charge in [-0.3, -0.25) is 18.7 Å². The Hall–Kier alpha value is -1.69. The van der Waals surface area contributed by atoms with E-state index < -0.39 is 45.1 Å². The zero-order valence-electron chi connectivity index (χ0n) is 24.4. The molecule has 1 fully saturated rings. The van der Waals surface area contributed by atoms with Crippen LogP contribution in [0.5, 0.6) is 0 Å². The summed E-state index contributed by atoms with van der Waals surface area (Å²) >= 11 is -1.14. The van der Waals surface area contributed by atoms with Crippen molar-refractivity contribution in [3.8, 4) is 0 Å². The summed E-state index contributed by atoms with van der Waals surface area (Å²) in [6.07, 6.45) is 0.661. The number of benzene rings is 2. The van der Waals surface area contributed by atoms with Crippen LogP contribution in [0.1, 0.15) is 20.3 Å². The minimum Gasteiger partial charge on any atom is -0.380 e. The van der Waals surface area contributed by atoms with Gasteiger partial charge in [0, 0.05) is 55.1 Å². The number of anilines is 2. The molecule has 0 amide bonds. The van der Waals surface area contributed by atoms with E-state index in [1.54, 1.807) is 13.8 Å². The van der Waals surface area contributed by atoms with Crippen LogP contribution in [0.4, 0.5) is 24.5 Å². The van der Waals surface area contributed by atoms with Crippen LogP contribution in [-0.4, -0.2) is 96.5 Å². The lowest BCUT2D eigenvalue weighted by Gasteiger charge is -2.36. The molecule has 248 valence electrons. The van der Waals surface area contributed by atoms with Crippen molar-refractivity contribution in [3.05, 3.63) is 48.5 Å². The molecule has 0 radical (unpaired) electrons. The van der Waals surface area contributed by atoms with Gasteiger partial charge in [-0.1, -0.05) is 18.2 Å². The standard InChI is InChI=1S/C26H38F3N4O7PS3/c1-3-39-41(34,40-4-2)20-33-16-14-32(15-17-33)13-12-22(19-42-23-8-6-5-7-9-23)30-24-11-10-21(31-43(35)36)18-25(24)44(37,38)26(27,28)29/h5-11,18,22,30-31H,3-4,12-17,19-20H2,1-2H3,(H,35,36)/t22-/m1/s1. The third-order valence-electron chi connectivity index (χ3n) is 6.62. The number of halogens is 3. The average Bonchev–Trinajstić information content (AvgIpc) is 2.95. The SMILES string of the molecule is CCOP(=O)(CN1CCN(CC[C@H](CSc2ccccc2)Nc2ccc(NS(=O)O)cc2S(=O)(=O)C(F)(F)F)CC1)OCC. The van der Waals surface area contributed by atoms with Gasteiger partial charge >= 0.3 is 13.1 Å². The lowest BCUT2D eigenvalue weighted by atomic mass is 10.2. The summed E-state index contributed by atoms with van der Waals surface area (Å²) in [7, 11) is -9.02. The molecule has 0 spiro atoms. The van der Waals surface area contributed by atoms with E-state index in [1.165, 1.54) is 17.8 Å². The maximum atomic E-state index is 13.6. The Morgan fingerprint density at radius 1 is 1.05 bits per heavy atom. The molecule has 44 heavy (non-hydrogen) atoms. The molecule has 2 aromatic carbocycles. The second kappa shape index (κ2) is 16.7. The first kappa shape index (κ1) is 36.8. The molecular weight excluding hydrogens is 664 g/mol. The molecule has 11 nitrogen and oxygen atoms in total. The molecule has 1 unspecified atom stereocenters. The van der Waals surface area contributed by atoms with Gasteiger partial charge in [0.15, 0.2) is 0 Å². The van der Waals surface area contributed by atoms with Gasteiger partial charge < -0.3 is 19.3 Å². The predicted molar refractivity (Wildman–Crippen MR) is 167 cm³/mol. The fourth-order valence-corrected chi connectivity index (χ4v) is 8.60. The third kappa shape index (κ3) is 11.0. The van der Waals surface area contributed by atoms with Crippen molar-refractivity contribution in [1.82, 2.24) is 9.80 Å². The van der Waals surface area contributed by atoms with Gasteiger partial charge in [-0.15, -0.1) is 11.8 Å². The lowest BCUT2D eigenvalue weighted by Crippen LogP contribution is -2.47. The highest BCUT2D eigenvalue weighted by Crippen LogP contribution is 2.48. The molecule has 1 saturated heterocycles. The largest absolute Gasteiger partial charge is 0.501 e. The summed E-state index contributed by atoms with van der Waals surface area (Å²) in [5.41, 5.74) is -6.10. The molecule has 0 saturated carbocycles. The fourth-order valence-electron chi connectivity index (χ4n) is 4.53. The molecule has 2 aromatic rings. The Morgan fingerprint density at radius 2 is 1.66 bits per heavy atom. The van der Waals surface area contributed by atoms with Gasteiger partial charge in [0.1, 0.15) is 11.2 Å². The molecule has 3 rings (SSSR count). The summed E-state index contributed by atoms with van der Waals surface area (Å²) in [5, 5.41) is 3.01. The van der Waals surface area contributed by atoms with Crippen LogP contribution >= 0.6 is 19.4 Å². The average molecular weight is 703 g/mol. The number of hydrogen-bond acceptors (Lipinski definition) is 10. The first-order chi connectivity index (χ1) is 20.8. The second-order valence-corrected chi connectivity index (χ2v) is 15.5. The molecule has 18 heteroatoms. The molecule has 2 atom stereocenters. The van der Waals surface area contributed by atoms with Crippen LogP contribution < -0.4 is 10.0 Å². The second-order valence-electron chi connectivity index (χ2n) is 9.81. The number of rotatable bonds is 17. The Kier molecular flexibility index (Phi) is 14.0. The smallest absolute Gasteiger partial charge is 0.380 e. The summed E-state index contributed by atoms with van der Waals surface area (Å²) in [6.45, 7) is 7.19. The van der Waals surface area contributed by atoms with Crippen LogP contribution in [-0.2, 0) is 34.7 Å².